The molecule has 0 unspecified atom stereocenters. The van der Waals surface area contributed by atoms with Crippen molar-refractivity contribution in [3.05, 3.63) is 64.7 Å². The summed E-state index contributed by atoms with van der Waals surface area (Å²) in [5.74, 6) is 0.646. The second-order valence-corrected chi connectivity index (χ2v) is 10.4. The van der Waals surface area contributed by atoms with Gasteiger partial charge in [-0.2, -0.15) is 0 Å². The lowest BCUT2D eigenvalue weighted by molar-refractivity contribution is 0.202. The molecule has 160 valence electrons. The maximum Gasteiger partial charge on any atom is 0.191 e. The Bertz CT molecular complexity index is 1030. The van der Waals surface area contributed by atoms with E-state index in [2.05, 4.69) is 28.4 Å². The Labute approximate surface area is 178 Å². The van der Waals surface area contributed by atoms with Crippen LogP contribution < -0.4 is 11.1 Å². The zero-order chi connectivity index (χ0) is 21.1. The highest BCUT2D eigenvalue weighted by Crippen LogP contribution is 2.29. The average molecular weight is 427 g/mol. The minimum atomic E-state index is -3.35. The van der Waals surface area contributed by atoms with E-state index in [9.17, 15) is 8.42 Å². The monoisotopic (exact) mass is 426 g/mol. The summed E-state index contributed by atoms with van der Waals surface area (Å²) < 4.78 is 26.1. The molecule has 1 aliphatic carbocycles. The van der Waals surface area contributed by atoms with E-state index in [4.69, 9.17) is 11.1 Å². The molecule has 0 spiro atoms. The quantitative estimate of drug-likeness (QED) is 0.415. The fourth-order valence-electron chi connectivity index (χ4n) is 4.58. The Balaban J connectivity index is 1.37. The van der Waals surface area contributed by atoms with Gasteiger partial charge in [0.15, 0.2) is 15.8 Å². The fourth-order valence-corrected chi connectivity index (χ4v) is 6.06. The van der Waals surface area contributed by atoms with Crippen LogP contribution in [0, 0.1) is 11.3 Å². The minimum absolute atomic E-state index is 0.00654. The van der Waals surface area contributed by atoms with E-state index in [0.29, 0.717) is 17.4 Å². The first-order valence-corrected chi connectivity index (χ1v) is 12.3. The van der Waals surface area contributed by atoms with E-state index >= 15 is 0 Å². The van der Waals surface area contributed by atoms with Crippen LogP contribution in [0.15, 0.2) is 47.4 Å². The van der Waals surface area contributed by atoms with Crippen LogP contribution in [-0.4, -0.2) is 44.8 Å². The molecule has 1 fully saturated rings. The molecule has 0 saturated carbocycles. The lowest BCUT2D eigenvalue weighted by Crippen LogP contribution is -2.38. The van der Waals surface area contributed by atoms with Crippen LogP contribution in [0.3, 0.4) is 0 Å². The third-order valence-electron chi connectivity index (χ3n) is 6.34. The van der Waals surface area contributed by atoms with Gasteiger partial charge in [-0.05, 0) is 85.5 Å². The van der Waals surface area contributed by atoms with Gasteiger partial charge >= 0.3 is 0 Å². The molecule has 2 aliphatic rings. The van der Waals surface area contributed by atoms with Crippen molar-refractivity contribution < 1.29 is 8.42 Å². The number of hydrogen-bond donors (Lipinski definition) is 3. The van der Waals surface area contributed by atoms with Crippen molar-refractivity contribution in [2.45, 2.75) is 37.0 Å². The highest BCUT2D eigenvalue weighted by Gasteiger charge is 2.25. The van der Waals surface area contributed by atoms with Gasteiger partial charge in [0, 0.05) is 6.54 Å². The molecule has 30 heavy (non-hydrogen) atoms. The van der Waals surface area contributed by atoms with Crippen LogP contribution in [0.4, 0.5) is 0 Å². The molecule has 0 aromatic heterocycles. The molecule has 1 saturated heterocycles. The summed E-state index contributed by atoms with van der Waals surface area (Å²) in [7, 11) is -3.35. The first-order valence-electron chi connectivity index (χ1n) is 10.6. The third-order valence-corrected chi connectivity index (χ3v) is 8.02. The van der Waals surface area contributed by atoms with Gasteiger partial charge in [0.1, 0.15) is 5.88 Å². The van der Waals surface area contributed by atoms with Crippen LogP contribution in [0.2, 0.25) is 0 Å². The Kier molecular flexibility index (Phi) is 6.11. The van der Waals surface area contributed by atoms with Crippen LogP contribution in [0.25, 0.3) is 0 Å². The van der Waals surface area contributed by atoms with Gasteiger partial charge < -0.3 is 11.1 Å². The SMILES string of the molecule is N=C(N)NCCC1CCN(CS(=O)(=O)c2ccc3c(c2)Cc2ccccc2C3)CC1. The minimum Gasteiger partial charge on any atom is -0.370 e. The number of fused-ring (bicyclic) bond motifs is 2. The second-order valence-electron chi connectivity index (χ2n) is 8.49. The predicted molar refractivity (Wildman–Crippen MR) is 119 cm³/mol. The van der Waals surface area contributed by atoms with Crippen LogP contribution in [0.1, 0.15) is 41.5 Å². The van der Waals surface area contributed by atoms with E-state index < -0.39 is 9.84 Å². The molecular formula is C23H30N4O2S. The molecule has 7 heteroatoms. The Morgan fingerprint density at radius 1 is 1.03 bits per heavy atom. The highest BCUT2D eigenvalue weighted by atomic mass is 32.2. The summed E-state index contributed by atoms with van der Waals surface area (Å²) in [5, 5.41) is 10.1. The van der Waals surface area contributed by atoms with Crippen LogP contribution >= 0.6 is 0 Å². The van der Waals surface area contributed by atoms with Crippen molar-refractivity contribution in [2.75, 3.05) is 25.5 Å². The number of likely N-dealkylation sites (tertiary alicyclic amines) is 1. The summed E-state index contributed by atoms with van der Waals surface area (Å²) in [6.45, 7) is 2.29. The van der Waals surface area contributed by atoms with Gasteiger partial charge in [-0.25, -0.2) is 8.42 Å². The van der Waals surface area contributed by atoms with Crippen molar-refractivity contribution in [3.8, 4) is 0 Å². The number of nitrogens with two attached hydrogens (primary N) is 1. The smallest absolute Gasteiger partial charge is 0.191 e. The van der Waals surface area contributed by atoms with Gasteiger partial charge in [-0.3, -0.25) is 10.3 Å². The van der Waals surface area contributed by atoms with Crippen molar-refractivity contribution in [1.29, 1.82) is 5.41 Å². The number of hydrogen-bond acceptors (Lipinski definition) is 4. The standard InChI is InChI=1S/C23H30N4O2S/c24-23(25)26-10-7-17-8-11-27(12-9-17)16-30(28,29)22-6-5-20-13-18-3-1-2-4-19(18)14-21(20)15-22/h1-6,15,17H,7-14,16H2,(H4,24,25,26). The Morgan fingerprint density at radius 2 is 1.67 bits per heavy atom. The largest absolute Gasteiger partial charge is 0.370 e. The molecule has 1 heterocycles. The first kappa shape index (κ1) is 20.9. The third kappa shape index (κ3) is 4.84. The van der Waals surface area contributed by atoms with Crippen LogP contribution in [-0.2, 0) is 22.7 Å². The highest BCUT2D eigenvalue weighted by molar-refractivity contribution is 7.91. The zero-order valence-electron chi connectivity index (χ0n) is 17.2. The van der Waals surface area contributed by atoms with Crippen molar-refractivity contribution in [1.82, 2.24) is 10.2 Å². The van der Waals surface area contributed by atoms with Gasteiger partial charge in [0.05, 0.1) is 4.90 Å². The van der Waals surface area contributed by atoms with Gasteiger partial charge in [0.25, 0.3) is 0 Å². The lowest BCUT2D eigenvalue weighted by Gasteiger charge is -2.31. The number of nitrogens with zero attached hydrogens (tertiary/aromatic N) is 1. The Hall–Kier alpha value is -2.38. The van der Waals surface area contributed by atoms with Crippen LogP contribution in [0.5, 0.6) is 0 Å². The summed E-state index contributed by atoms with van der Waals surface area (Å²) in [6.07, 6.45) is 4.60. The van der Waals surface area contributed by atoms with E-state index in [0.717, 1.165) is 50.8 Å². The molecule has 0 amide bonds. The van der Waals surface area contributed by atoms with Crippen molar-refractivity contribution in [3.63, 3.8) is 0 Å². The fraction of sp³-hybridized carbons (Fsp3) is 0.435. The number of nitrogens with one attached hydrogen (secondary N) is 2. The molecule has 6 nitrogen and oxygen atoms in total. The second kappa shape index (κ2) is 8.78. The number of rotatable bonds is 6. The molecule has 0 atom stereocenters. The van der Waals surface area contributed by atoms with Crippen molar-refractivity contribution in [2.24, 2.45) is 11.7 Å². The molecule has 2 aromatic rings. The molecular weight excluding hydrogens is 396 g/mol. The van der Waals surface area contributed by atoms with E-state index in [1.54, 1.807) is 6.07 Å². The summed E-state index contributed by atoms with van der Waals surface area (Å²) in [4.78, 5) is 2.49. The molecule has 4 N–H and O–H groups in total. The number of piperidine rings is 1. The maximum absolute atomic E-state index is 13.1. The molecule has 2 aromatic carbocycles. The summed E-state index contributed by atoms with van der Waals surface area (Å²) >= 11 is 0. The van der Waals surface area contributed by atoms with E-state index in [1.807, 2.05) is 18.2 Å². The van der Waals surface area contributed by atoms with Gasteiger partial charge in [-0.15, -0.1) is 0 Å². The summed E-state index contributed by atoms with van der Waals surface area (Å²) in [6, 6.07) is 14.1. The van der Waals surface area contributed by atoms with Gasteiger partial charge in [0.2, 0.25) is 0 Å². The number of sulfone groups is 1. The predicted octanol–water partition coefficient (Wildman–Crippen LogP) is 2.50. The number of benzene rings is 2. The number of guanidine groups is 1. The maximum atomic E-state index is 13.1. The normalized spacial score (nSPS) is 17.2. The summed E-state index contributed by atoms with van der Waals surface area (Å²) in [5.41, 5.74) is 10.3. The molecule has 4 rings (SSSR count). The van der Waals surface area contributed by atoms with E-state index in [-0.39, 0.29) is 11.8 Å². The average Bonchev–Trinajstić information content (AvgIpc) is 2.72. The first-order chi connectivity index (χ1) is 14.4. The molecule has 1 aliphatic heterocycles. The molecule has 0 bridgehead atoms. The van der Waals surface area contributed by atoms with Gasteiger partial charge in [-0.1, -0.05) is 30.3 Å². The van der Waals surface area contributed by atoms with E-state index in [1.165, 1.54) is 16.7 Å². The van der Waals surface area contributed by atoms with Crippen molar-refractivity contribution >= 4 is 15.8 Å². The Morgan fingerprint density at radius 3 is 2.33 bits per heavy atom. The molecule has 0 radical (unpaired) electrons. The topological polar surface area (TPSA) is 99.3 Å². The zero-order valence-corrected chi connectivity index (χ0v) is 18.0. The lowest BCUT2D eigenvalue weighted by atomic mass is 9.86.